The molecule has 1 aromatic rings. The van der Waals surface area contributed by atoms with E-state index in [1.165, 1.54) is 5.56 Å². The van der Waals surface area contributed by atoms with Crippen LogP contribution in [0.15, 0.2) is 18.2 Å². The number of rotatable bonds is 5. The summed E-state index contributed by atoms with van der Waals surface area (Å²) in [5.41, 5.74) is 1.12. The van der Waals surface area contributed by atoms with Crippen molar-refractivity contribution in [2.45, 2.75) is 45.4 Å². The van der Waals surface area contributed by atoms with Gasteiger partial charge >= 0.3 is 0 Å². The average Bonchev–Trinajstić information content (AvgIpc) is 2.73. The number of ether oxygens (including phenoxy) is 2. The zero-order valence-corrected chi connectivity index (χ0v) is 12.0. The normalized spacial score (nSPS) is 22.6. The van der Waals surface area contributed by atoms with Crippen LogP contribution in [0.4, 0.5) is 0 Å². The molecule has 1 atom stereocenters. The first kappa shape index (κ1) is 13.9. The van der Waals surface area contributed by atoms with E-state index in [0.29, 0.717) is 31.8 Å². The highest BCUT2D eigenvalue weighted by Crippen LogP contribution is 2.41. The van der Waals surface area contributed by atoms with Crippen LogP contribution >= 0.6 is 0 Å². The van der Waals surface area contributed by atoms with E-state index in [2.05, 4.69) is 13.0 Å². The minimum atomic E-state index is -0.0479. The maximum Gasteiger partial charge on any atom is 0.161 e. The first-order valence-corrected chi connectivity index (χ1v) is 7.01. The van der Waals surface area contributed by atoms with Crippen LogP contribution in [-0.2, 0) is 10.2 Å². The van der Waals surface area contributed by atoms with Gasteiger partial charge in [0, 0.05) is 12.8 Å². The number of hydrogen-bond acceptors (Lipinski definition) is 3. The molecule has 2 rings (SSSR count). The van der Waals surface area contributed by atoms with Crippen LogP contribution in [0.3, 0.4) is 0 Å². The Morgan fingerprint density at radius 3 is 2.42 bits per heavy atom. The predicted octanol–water partition coefficient (Wildman–Crippen LogP) is 3.49. The molecule has 0 aliphatic heterocycles. The molecule has 0 heterocycles. The van der Waals surface area contributed by atoms with Gasteiger partial charge in [-0.1, -0.05) is 13.0 Å². The SMILES string of the molecule is CCOc1ccc(C2(C)CCC(=O)C2)cc1OCC. The fraction of sp³-hybridized carbons (Fsp3) is 0.562. The van der Waals surface area contributed by atoms with Gasteiger partial charge in [-0.25, -0.2) is 0 Å². The summed E-state index contributed by atoms with van der Waals surface area (Å²) in [6, 6.07) is 6.05. The van der Waals surface area contributed by atoms with E-state index >= 15 is 0 Å². The summed E-state index contributed by atoms with van der Waals surface area (Å²) in [5.74, 6) is 1.91. The Bertz CT molecular complexity index is 467. The number of carbonyl (C=O) groups is 1. The van der Waals surface area contributed by atoms with Crippen LogP contribution in [-0.4, -0.2) is 19.0 Å². The molecule has 1 fully saturated rings. The molecule has 1 saturated carbocycles. The molecule has 1 aliphatic rings. The van der Waals surface area contributed by atoms with Gasteiger partial charge in [-0.05, 0) is 43.4 Å². The Morgan fingerprint density at radius 2 is 1.84 bits per heavy atom. The summed E-state index contributed by atoms with van der Waals surface area (Å²) in [6.07, 6.45) is 2.24. The highest BCUT2D eigenvalue weighted by Gasteiger charge is 2.35. The second-order valence-corrected chi connectivity index (χ2v) is 5.30. The second-order valence-electron chi connectivity index (χ2n) is 5.30. The highest BCUT2D eigenvalue weighted by molar-refractivity contribution is 5.82. The molecular weight excluding hydrogens is 240 g/mol. The molecule has 0 amide bonds. The van der Waals surface area contributed by atoms with E-state index in [9.17, 15) is 4.79 Å². The Kier molecular flexibility index (Phi) is 4.13. The quantitative estimate of drug-likeness (QED) is 0.814. The van der Waals surface area contributed by atoms with E-state index in [1.54, 1.807) is 0 Å². The molecule has 3 nitrogen and oxygen atoms in total. The molecule has 0 bridgehead atoms. The monoisotopic (exact) mass is 262 g/mol. The minimum absolute atomic E-state index is 0.0479. The Hall–Kier alpha value is -1.51. The van der Waals surface area contributed by atoms with Crippen LogP contribution in [0.25, 0.3) is 0 Å². The Balaban J connectivity index is 2.32. The average molecular weight is 262 g/mol. The van der Waals surface area contributed by atoms with Gasteiger partial charge in [0.1, 0.15) is 5.78 Å². The van der Waals surface area contributed by atoms with E-state index in [-0.39, 0.29) is 5.41 Å². The fourth-order valence-corrected chi connectivity index (χ4v) is 2.70. The number of benzene rings is 1. The largest absolute Gasteiger partial charge is 0.490 e. The van der Waals surface area contributed by atoms with Gasteiger partial charge in [0.2, 0.25) is 0 Å². The van der Waals surface area contributed by atoms with Crippen molar-refractivity contribution in [3.05, 3.63) is 23.8 Å². The molecular formula is C16H22O3. The summed E-state index contributed by atoms with van der Waals surface area (Å²) >= 11 is 0. The summed E-state index contributed by atoms with van der Waals surface area (Å²) in [7, 11) is 0. The Morgan fingerprint density at radius 1 is 1.16 bits per heavy atom. The van der Waals surface area contributed by atoms with Gasteiger partial charge < -0.3 is 9.47 Å². The summed E-state index contributed by atoms with van der Waals surface area (Å²) < 4.78 is 11.2. The zero-order valence-electron chi connectivity index (χ0n) is 12.0. The van der Waals surface area contributed by atoms with Crippen molar-refractivity contribution in [1.29, 1.82) is 0 Å². The molecule has 0 saturated heterocycles. The lowest BCUT2D eigenvalue weighted by atomic mass is 9.81. The smallest absolute Gasteiger partial charge is 0.161 e. The zero-order chi connectivity index (χ0) is 13.9. The third-order valence-corrected chi connectivity index (χ3v) is 3.78. The lowest BCUT2D eigenvalue weighted by Crippen LogP contribution is -2.18. The van der Waals surface area contributed by atoms with E-state index in [4.69, 9.17) is 9.47 Å². The fourth-order valence-electron chi connectivity index (χ4n) is 2.70. The number of ketones is 1. The standard InChI is InChI=1S/C16H22O3/c1-4-18-14-7-6-12(10-15(14)19-5-2)16(3)9-8-13(17)11-16/h6-7,10H,4-5,8-9,11H2,1-3H3. The molecule has 1 aromatic carbocycles. The maximum atomic E-state index is 11.6. The van der Waals surface area contributed by atoms with Crippen molar-refractivity contribution >= 4 is 5.78 Å². The van der Waals surface area contributed by atoms with Crippen molar-refractivity contribution < 1.29 is 14.3 Å². The van der Waals surface area contributed by atoms with Crippen molar-refractivity contribution in [2.24, 2.45) is 0 Å². The van der Waals surface area contributed by atoms with E-state index in [0.717, 1.165) is 17.9 Å². The molecule has 104 valence electrons. The number of hydrogen-bond donors (Lipinski definition) is 0. The molecule has 3 heteroatoms. The van der Waals surface area contributed by atoms with Gasteiger partial charge in [0.25, 0.3) is 0 Å². The van der Waals surface area contributed by atoms with Crippen LogP contribution in [0.2, 0.25) is 0 Å². The molecule has 0 N–H and O–H groups in total. The predicted molar refractivity (Wildman–Crippen MR) is 75.0 cm³/mol. The number of carbonyl (C=O) groups excluding carboxylic acids is 1. The van der Waals surface area contributed by atoms with E-state index in [1.807, 2.05) is 26.0 Å². The van der Waals surface area contributed by atoms with Crippen LogP contribution < -0.4 is 9.47 Å². The van der Waals surface area contributed by atoms with E-state index < -0.39 is 0 Å². The van der Waals surface area contributed by atoms with Crippen LogP contribution in [0.1, 0.15) is 45.6 Å². The van der Waals surface area contributed by atoms with Crippen LogP contribution in [0.5, 0.6) is 11.5 Å². The Labute approximate surface area is 114 Å². The molecule has 0 spiro atoms. The molecule has 0 aromatic heterocycles. The van der Waals surface area contributed by atoms with Gasteiger partial charge in [-0.2, -0.15) is 0 Å². The topological polar surface area (TPSA) is 35.5 Å². The summed E-state index contributed by atoms with van der Waals surface area (Å²) in [4.78, 5) is 11.6. The van der Waals surface area contributed by atoms with Gasteiger partial charge in [-0.15, -0.1) is 0 Å². The van der Waals surface area contributed by atoms with Crippen molar-refractivity contribution in [3.63, 3.8) is 0 Å². The minimum Gasteiger partial charge on any atom is -0.490 e. The molecule has 1 aliphatic carbocycles. The third kappa shape index (κ3) is 2.91. The highest BCUT2D eigenvalue weighted by atomic mass is 16.5. The van der Waals surface area contributed by atoms with Gasteiger partial charge in [-0.3, -0.25) is 4.79 Å². The van der Waals surface area contributed by atoms with Crippen molar-refractivity contribution in [2.75, 3.05) is 13.2 Å². The lowest BCUT2D eigenvalue weighted by molar-refractivity contribution is -0.117. The first-order valence-electron chi connectivity index (χ1n) is 7.01. The van der Waals surface area contributed by atoms with Gasteiger partial charge in [0.15, 0.2) is 11.5 Å². The molecule has 19 heavy (non-hydrogen) atoms. The number of Topliss-reactive ketones (excluding diaryl/α,β-unsaturated/α-hetero) is 1. The van der Waals surface area contributed by atoms with Gasteiger partial charge in [0.05, 0.1) is 13.2 Å². The molecule has 0 radical (unpaired) electrons. The summed E-state index contributed by atoms with van der Waals surface area (Å²) in [6.45, 7) is 7.31. The van der Waals surface area contributed by atoms with Crippen molar-refractivity contribution in [3.8, 4) is 11.5 Å². The maximum absolute atomic E-state index is 11.6. The second kappa shape index (κ2) is 5.64. The lowest BCUT2D eigenvalue weighted by Gasteiger charge is -2.24. The van der Waals surface area contributed by atoms with Crippen LogP contribution in [0, 0.1) is 0 Å². The summed E-state index contributed by atoms with van der Waals surface area (Å²) in [5, 5.41) is 0. The first-order chi connectivity index (χ1) is 9.09. The third-order valence-electron chi connectivity index (χ3n) is 3.78. The molecule has 1 unspecified atom stereocenters. The van der Waals surface area contributed by atoms with Crippen molar-refractivity contribution in [1.82, 2.24) is 0 Å².